The molecule has 9 heteroatoms. The number of fused-ring (bicyclic) bond motifs is 1. The largest absolute Gasteiger partial charge is 0.373 e. The van der Waals surface area contributed by atoms with Gasteiger partial charge >= 0.3 is 0 Å². The molecule has 2 aliphatic rings. The lowest BCUT2D eigenvalue weighted by molar-refractivity contribution is 0.00464. The molecule has 1 saturated heterocycles. The number of ether oxygens (including phenoxy) is 1. The van der Waals surface area contributed by atoms with Gasteiger partial charge in [-0.1, -0.05) is 11.6 Å². The molecular formula is C25H23ClFN5O2. The molecule has 3 aromatic heterocycles. The zero-order valence-corrected chi connectivity index (χ0v) is 19.4. The molecule has 1 saturated carbocycles. The molecular weight excluding hydrogens is 457 g/mol. The Hall–Kier alpha value is -3.10. The van der Waals surface area contributed by atoms with Crippen LogP contribution in [0.2, 0.25) is 5.02 Å². The molecule has 0 spiro atoms. The van der Waals surface area contributed by atoms with Gasteiger partial charge in [-0.3, -0.25) is 9.48 Å². The number of hydrogen-bond acceptors (Lipinski definition) is 5. The van der Waals surface area contributed by atoms with Crippen molar-refractivity contribution in [2.45, 2.75) is 43.7 Å². The van der Waals surface area contributed by atoms with Crippen molar-refractivity contribution in [3.8, 4) is 11.1 Å². The van der Waals surface area contributed by atoms with E-state index in [0.717, 1.165) is 17.7 Å². The first-order valence-electron chi connectivity index (χ1n) is 11.5. The summed E-state index contributed by atoms with van der Waals surface area (Å²) >= 11 is 5.98. The maximum atomic E-state index is 14.9. The third kappa shape index (κ3) is 3.80. The molecule has 6 rings (SSSR count). The molecule has 4 heterocycles. The van der Waals surface area contributed by atoms with Crippen LogP contribution < -0.4 is 5.56 Å². The molecule has 4 aromatic rings. The monoisotopic (exact) mass is 479 g/mol. The fraction of sp³-hybridized carbons (Fsp3) is 0.360. The summed E-state index contributed by atoms with van der Waals surface area (Å²) in [5.74, 6) is -0.400. The first kappa shape index (κ1) is 21.4. The zero-order valence-electron chi connectivity index (χ0n) is 18.6. The predicted molar refractivity (Wildman–Crippen MR) is 126 cm³/mol. The van der Waals surface area contributed by atoms with Crippen LogP contribution in [0.4, 0.5) is 4.39 Å². The highest BCUT2D eigenvalue weighted by Crippen LogP contribution is 2.41. The number of pyridine rings is 1. The molecule has 7 nitrogen and oxygen atoms in total. The summed E-state index contributed by atoms with van der Waals surface area (Å²) in [5, 5.41) is 9.47. The Balaban J connectivity index is 1.43. The van der Waals surface area contributed by atoms with E-state index in [1.807, 2.05) is 16.9 Å². The minimum Gasteiger partial charge on any atom is -0.373 e. The number of aryl methyl sites for hydroxylation is 1. The molecule has 1 aliphatic carbocycles. The van der Waals surface area contributed by atoms with Crippen molar-refractivity contribution in [2.24, 2.45) is 7.05 Å². The van der Waals surface area contributed by atoms with Crippen LogP contribution in [0.5, 0.6) is 0 Å². The van der Waals surface area contributed by atoms with Crippen LogP contribution in [0.1, 0.15) is 55.0 Å². The number of rotatable bonds is 4. The number of nitrogens with zero attached hydrogens (tertiary/aromatic N) is 5. The van der Waals surface area contributed by atoms with E-state index >= 15 is 0 Å². The van der Waals surface area contributed by atoms with E-state index < -0.39 is 5.82 Å². The highest BCUT2D eigenvalue weighted by molar-refractivity contribution is 6.30. The highest BCUT2D eigenvalue weighted by atomic mass is 35.5. The van der Waals surface area contributed by atoms with Crippen LogP contribution in [0, 0.1) is 5.82 Å². The number of aromatic nitrogens is 5. The Labute approximate surface area is 200 Å². The first-order chi connectivity index (χ1) is 16.5. The fourth-order valence-corrected chi connectivity index (χ4v) is 4.87. The lowest BCUT2D eigenvalue weighted by Crippen LogP contribution is -2.23. The normalized spacial score (nSPS) is 20.7. The summed E-state index contributed by atoms with van der Waals surface area (Å²) in [6.07, 6.45) is 9.25. The average Bonchev–Trinajstić information content (AvgIpc) is 3.57. The van der Waals surface area contributed by atoms with Crippen molar-refractivity contribution < 1.29 is 9.13 Å². The number of hydrogen-bond donors (Lipinski definition) is 0. The smallest absolute Gasteiger partial charge is 0.292 e. The molecule has 1 aromatic carbocycles. The SMILES string of the molecule is Cn1ncc2c(-c3ccc(Cl)cc3F)cc([C@H]3CCO[C@@H](c4cnn(C5CC5)c4)C3)nc2c1=O. The number of benzene rings is 1. The molecule has 0 unspecified atom stereocenters. The van der Waals surface area contributed by atoms with Crippen LogP contribution >= 0.6 is 11.6 Å². The standard InChI is InChI=1S/C25H23ClFN5O2/c1-31-25(33)24-20(12-28-31)19(18-5-2-16(26)9-21(18)27)10-22(30-24)14-6-7-34-23(8-14)15-11-29-32(13-15)17-3-4-17/h2,5,9-14,17,23H,3-4,6-8H2,1H3/t14-,23+/m0/s1. The topological polar surface area (TPSA) is 74.8 Å². The second-order valence-electron chi connectivity index (χ2n) is 9.12. The highest BCUT2D eigenvalue weighted by Gasteiger charge is 2.30. The van der Waals surface area contributed by atoms with Gasteiger partial charge in [0.25, 0.3) is 5.56 Å². The maximum Gasteiger partial charge on any atom is 0.292 e. The van der Waals surface area contributed by atoms with Crippen molar-refractivity contribution in [3.05, 3.63) is 75.3 Å². The van der Waals surface area contributed by atoms with Crippen LogP contribution in [-0.4, -0.2) is 31.2 Å². The summed E-state index contributed by atoms with van der Waals surface area (Å²) in [4.78, 5) is 17.7. The van der Waals surface area contributed by atoms with E-state index in [-0.39, 0.29) is 23.1 Å². The molecule has 0 amide bonds. The minimum absolute atomic E-state index is 0.0550. The lowest BCUT2D eigenvalue weighted by atomic mass is 9.88. The van der Waals surface area contributed by atoms with Gasteiger partial charge in [0.15, 0.2) is 0 Å². The van der Waals surface area contributed by atoms with Crippen molar-refractivity contribution in [3.63, 3.8) is 0 Å². The molecule has 2 atom stereocenters. The second-order valence-corrected chi connectivity index (χ2v) is 9.56. The van der Waals surface area contributed by atoms with E-state index in [1.165, 1.54) is 23.6 Å². The van der Waals surface area contributed by atoms with Crippen molar-refractivity contribution in [1.82, 2.24) is 24.5 Å². The van der Waals surface area contributed by atoms with E-state index in [2.05, 4.69) is 16.4 Å². The van der Waals surface area contributed by atoms with Crippen molar-refractivity contribution >= 4 is 22.5 Å². The molecule has 0 radical (unpaired) electrons. The van der Waals surface area contributed by atoms with Crippen molar-refractivity contribution in [1.29, 1.82) is 0 Å². The number of halogens is 2. The van der Waals surface area contributed by atoms with E-state index in [4.69, 9.17) is 21.3 Å². The quantitative estimate of drug-likeness (QED) is 0.414. The van der Waals surface area contributed by atoms with Gasteiger partial charge < -0.3 is 4.74 Å². The fourth-order valence-electron chi connectivity index (χ4n) is 4.71. The van der Waals surface area contributed by atoms with Crippen LogP contribution in [0.25, 0.3) is 22.0 Å². The van der Waals surface area contributed by atoms with E-state index in [9.17, 15) is 9.18 Å². The average molecular weight is 480 g/mol. The summed E-state index contributed by atoms with van der Waals surface area (Å²) in [6.45, 7) is 0.572. The van der Waals surface area contributed by atoms with Gasteiger partial charge in [0.2, 0.25) is 0 Å². The van der Waals surface area contributed by atoms with Crippen LogP contribution in [0.15, 0.2) is 47.7 Å². The Kier molecular flexibility index (Phi) is 5.22. The Morgan fingerprint density at radius 3 is 2.76 bits per heavy atom. The molecule has 1 aliphatic heterocycles. The van der Waals surface area contributed by atoms with E-state index in [0.29, 0.717) is 40.6 Å². The van der Waals surface area contributed by atoms with Gasteiger partial charge in [-0.2, -0.15) is 10.2 Å². The van der Waals surface area contributed by atoms with Gasteiger partial charge in [-0.05, 0) is 55.5 Å². The lowest BCUT2D eigenvalue weighted by Gasteiger charge is -2.29. The molecule has 2 fully saturated rings. The summed E-state index contributed by atoms with van der Waals surface area (Å²) < 4.78 is 24.3. The van der Waals surface area contributed by atoms with Crippen LogP contribution in [-0.2, 0) is 11.8 Å². The summed E-state index contributed by atoms with van der Waals surface area (Å²) in [5.41, 5.74) is 2.73. The van der Waals surface area contributed by atoms with Gasteiger partial charge in [-0.25, -0.2) is 14.1 Å². The van der Waals surface area contributed by atoms with Gasteiger partial charge in [0.1, 0.15) is 11.3 Å². The van der Waals surface area contributed by atoms with Gasteiger partial charge in [-0.15, -0.1) is 0 Å². The summed E-state index contributed by atoms with van der Waals surface area (Å²) in [7, 11) is 1.58. The Morgan fingerprint density at radius 2 is 1.97 bits per heavy atom. The zero-order chi connectivity index (χ0) is 23.4. The first-order valence-corrected chi connectivity index (χ1v) is 11.8. The van der Waals surface area contributed by atoms with Gasteiger partial charge in [0, 0.05) is 53.0 Å². The Morgan fingerprint density at radius 1 is 1.12 bits per heavy atom. The van der Waals surface area contributed by atoms with Crippen LogP contribution in [0.3, 0.4) is 0 Å². The van der Waals surface area contributed by atoms with Gasteiger partial charge in [0.05, 0.1) is 24.5 Å². The molecule has 0 bridgehead atoms. The minimum atomic E-state index is -0.455. The maximum absolute atomic E-state index is 14.9. The molecule has 0 N–H and O–H groups in total. The Bertz CT molecular complexity index is 1460. The van der Waals surface area contributed by atoms with Crippen molar-refractivity contribution in [2.75, 3.05) is 6.61 Å². The summed E-state index contributed by atoms with van der Waals surface area (Å²) in [6, 6.07) is 6.95. The molecule has 34 heavy (non-hydrogen) atoms. The third-order valence-electron chi connectivity index (χ3n) is 6.77. The second kappa shape index (κ2) is 8.29. The third-order valence-corrected chi connectivity index (χ3v) is 7.01. The molecule has 174 valence electrons. The van der Waals surface area contributed by atoms with E-state index in [1.54, 1.807) is 25.4 Å². The predicted octanol–water partition coefficient (Wildman–Crippen LogP) is 4.95.